The lowest BCUT2D eigenvalue weighted by molar-refractivity contribution is -0.140. The number of hydrogen-bond donors (Lipinski definition) is 1. The molecule has 0 heterocycles. The van der Waals surface area contributed by atoms with E-state index >= 15 is 0 Å². The average molecular weight is 363 g/mol. The van der Waals surface area contributed by atoms with Crippen molar-refractivity contribution in [2.45, 2.75) is 25.7 Å². The van der Waals surface area contributed by atoms with E-state index in [1.54, 1.807) is 18.2 Å². The van der Waals surface area contributed by atoms with Gasteiger partial charge in [0.2, 0.25) is 0 Å². The number of carbonyl (C=O) groups is 2. The lowest BCUT2D eigenvalue weighted by atomic mass is 10.2. The molecule has 1 rings (SSSR count). The van der Waals surface area contributed by atoms with E-state index in [0.29, 0.717) is 28.0 Å². The fraction of sp³-hybridized carbons (Fsp3) is 0.429. The largest absolute Gasteiger partial charge is 0.469 e. The molecule has 0 fully saturated rings. The molecule has 0 spiro atoms. The molecule has 4 nitrogen and oxygen atoms in total. The zero-order chi connectivity index (χ0) is 15.0. The van der Waals surface area contributed by atoms with Crippen molar-refractivity contribution in [3.63, 3.8) is 0 Å². The summed E-state index contributed by atoms with van der Waals surface area (Å²) in [5, 5.41) is 3.41. The highest BCUT2D eigenvalue weighted by Crippen LogP contribution is 2.21. The van der Waals surface area contributed by atoms with Gasteiger partial charge in [0, 0.05) is 22.5 Å². The van der Waals surface area contributed by atoms with Gasteiger partial charge in [-0.25, -0.2) is 0 Å². The van der Waals surface area contributed by atoms with E-state index in [4.69, 9.17) is 11.6 Å². The van der Waals surface area contributed by atoms with Crippen molar-refractivity contribution in [1.29, 1.82) is 0 Å². The number of amides is 1. The predicted molar refractivity (Wildman–Crippen MR) is 82.0 cm³/mol. The third kappa shape index (κ3) is 5.92. The Hall–Kier alpha value is -1.07. The van der Waals surface area contributed by atoms with E-state index in [0.717, 1.165) is 19.3 Å². The second-order valence-electron chi connectivity index (χ2n) is 4.27. The van der Waals surface area contributed by atoms with Gasteiger partial charge < -0.3 is 10.1 Å². The van der Waals surface area contributed by atoms with Crippen LogP contribution in [0.25, 0.3) is 0 Å². The molecule has 1 aromatic rings. The van der Waals surface area contributed by atoms with Crippen molar-refractivity contribution in [2.24, 2.45) is 0 Å². The number of carbonyl (C=O) groups excluding carboxylic acids is 2. The van der Waals surface area contributed by atoms with Crippen LogP contribution in [0.5, 0.6) is 0 Å². The van der Waals surface area contributed by atoms with Crippen LogP contribution in [-0.4, -0.2) is 25.5 Å². The molecular formula is C14H17BrClNO3. The van der Waals surface area contributed by atoms with Gasteiger partial charge in [0.25, 0.3) is 5.91 Å². The number of benzene rings is 1. The van der Waals surface area contributed by atoms with E-state index in [1.165, 1.54) is 7.11 Å². The number of esters is 1. The first-order valence-corrected chi connectivity index (χ1v) is 7.51. The number of methoxy groups -OCH3 is 1. The molecule has 110 valence electrons. The average Bonchev–Trinajstić information content (AvgIpc) is 2.42. The molecule has 0 aromatic heterocycles. The molecule has 0 aliphatic carbocycles. The van der Waals surface area contributed by atoms with Crippen LogP contribution in [0.3, 0.4) is 0 Å². The van der Waals surface area contributed by atoms with Gasteiger partial charge in [-0.3, -0.25) is 9.59 Å². The first kappa shape index (κ1) is 17.0. The van der Waals surface area contributed by atoms with Crippen LogP contribution in [0.15, 0.2) is 22.7 Å². The van der Waals surface area contributed by atoms with Crippen LogP contribution in [0.1, 0.15) is 36.0 Å². The molecule has 1 N–H and O–H groups in total. The van der Waals surface area contributed by atoms with Crippen molar-refractivity contribution < 1.29 is 14.3 Å². The highest BCUT2D eigenvalue weighted by Gasteiger charge is 2.09. The fourth-order valence-electron chi connectivity index (χ4n) is 1.64. The normalized spacial score (nSPS) is 10.2. The molecule has 0 aliphatic rings. The van der Waals surface area contributed by atoms with Crippen LogP contribution in [0, 0.1) is 0 Å². The molecule has 0 radical (unpaired) electrons. The molecule has 0 bridgehead atoms. The summed E-state index contributed by atoms with van der Waals surface area (Å²) in [7, 11) is 1.38. The lowest BCUT2D eigenvalue weighted by Gasteiger charge is -2.07. The maximum atomic E-state index is 11.9. The van der Waals surface area contributed by atoms with Gasteiger partial charge in [0.05, 0.1) is 12.7 Å². The van der Waals surface area contributed by atoms with Crippen LogP contribution in [0.2, 0.25) is 5.02 Å². The molecule has 0 atom stereocenters. The number of nitrogens with one attached hydrogen (secondary N) is 1. The molecular weight excluding hydrogens is 346 g/mol. The van der Waals surface area contributed by atoms with Crippen LogP contribution >= 0.6 is 27.5 Å². The topological polar surface area (TPSA) is 55.4 Å². The second kappa shape index (κ2) is 8.97. The Morgan fingerprint density at radius 2 is 2.05 bits per heavy atom. The Labute approximate surface area is 132 Å². The summed E-state index contributed by atoms with van der Waals surface area (Å²) in [4.78, 5) is 22.8. The Morgan fingerprint density at radius 3 is 2.70 bits per heavy atom. The summed E-state index contributed by atoms with van der Waals surface area (Å²) in [6, 6.07) is 5.05. The summed E-state index contributed by atoms with van der Waals surface area (Å²) in [6.07, 6.45) is 2.89. The Morgan fingerprint density at radius 1 is 1.30 bits per heavy atom. The van der Waals surface area contributed by atoms with Crippen molar-refractivity contribution in [1.82, 2.24) is 5.32 Å². The van der Waals surface area contributed by atoms with Crippen molar-refractivity contribution in [3.05, 3.63) is 33.3 Å². The Bertz CT molecular complexity index is 479. The Balaban J connectivity index is 2.25. The molecule has 0 unspecified atom stereocenters. The van der Waals surface area contributed by atoms with E-state index in [1.807, 2.05) is 0 Å². The maximum Gasteiger partial charge on any atom is 0.305 e. The van der Waals surface area contributed by atoms with E-state index in [2.05, 4.69) is 26.0 Å². The minimum absolute atomic E-state index is 0.137. The molecule has 0 aliphatic heterocycles. The molecule has 1 aromatic carbocycles. The minimum Gasteiger partial charge on any atom is -0.469 e. The van der Waals surface area contributed by atoms with Gasteiger partial charge >= 0.3 is 5.97 Å². The monoisotopic (exact) mass is 361 g/mol. The zero-order valence-electron chi connectivity index (χ0n) is 11.2. The minimum atomic E-state index is -0.195. The SMILES string of the molecule is COC(=O)CCCCCNC(=O)c1ccc(Cl)cc1Br. The molecule has 6 heteroatoms. The van der Waals surface area contributed by atoms with E-state index in [9.17, 15) is 9.59 Å². The lowest BCUT2D eigenvalue weighted by Crippen LogP contribution is -2.24. The number of hydrogen-bond acceptors (Lipinski definition) is 3. The van der Waals surface area contributed by atoms with Gasteiger partial charge in [0.15, 0.2) is 0 Å². The third-order valence-corrected chi connectivity index (χ3v) is 3.64. The Kier molecular flexibility index (Phi) is 7.62. The molecule has 0 saturated carbocycles. The standard InChI is InChI=1S/C14H17BrClNO3/c1-20-13(18)5-3-2-4-8-17-14(19)11-7-6-10(16)9-12(11)15/h6-7,9H,2-5,8H2,1H3,(H,17,19). The van der Waals surface area contributed by atoms with Crippen molar-refractivity contribution in [3.8, 4) is 0 Å². The third-order valence-electron chi connectivity index (χ3n) is 2.75. The molecule has 0 saturated heterocycles. The number of ether oxygens (including phenoxy) is 1. The molecule has 20 heavy (non-hydrogen) atoms. The van der Waals surface area contributed by atoms with Crippen molar-refractivity contribution >= 4 is 39.4 Å². The van der Waals surface area contributed by atoms with Crippen LogP contribution in [-0.2, 0) is 9.53 Å². The number of rotatable bonds is 7. The van der Waals surface area contributed by atoms with Gasteiger partial charge in [-0.15, -0.1) is 0 Å². The second-order valence-corrected chi connectivity index (χ2v) is 5.56. The summed E-state index contributed by atoms with van der Waals surface area (Å²) in [5.41, 5.74) is 0.559. The highest BCUT2D eigenvalue weighted by atomic mass is 79.9. The number of unbranched alkanes of at least 4 members (excludes halogenated alkanes) is 2. The molecule has 1 amide bonds. The highest BCUT2D eigenvalue weighted by molar-refractivity contribution is 9.10. The van der Waals surface area contributed by atoms with Crippen LogP contribution in [0.4, 0.5) is 0 Å². The smallest absolute Gasteiger partial charge is 0.305 e. The van der Waals surface area contributed by atoms with Gasteiger partial charge in [-0.1, -0.05) is 18.0 Å². The van der Waals surface area contributed by atoms with E-state index in [-0.39, 0.29) is 11.9 Å². The summed E-state index contributed by atoms with van der Waals surface area (Å²) in [5.74, 6) is -0.333. The van der Waals surface area contributed by atoms with E-state index < -0.39 is 0 Å². The zero-order valence-corrected chi connectivity index (χ0v) is 13.6. The fourth-order valence-corrected chi connectivity index (χ4v) is 2.51. The quantitative estimate of drug-likeness (QED) is 0.596. The summed E-state index contributed by atoms with van der Waals surface area (Å²) < 4.78 is 5.23. The maximum absolute atomic E-state index is 11.9. The predicted octanol–water partition coefficient (Wildman–Crippen LogP) is 3.57. The van der Waals surface area contributed by atoms with Gasteiger partial charge in [-0.05, 0) is 47.0 Å². The van der Waals surface area contributed by atoms with Gasteiger partial charge in [-0.2, -0.15) is 0 Å². The van der Waals surface area contributed by atoms with Gasteiger partial charge in [0.1, 0.15) is 0 Å². The summed E-state index contributed by atoms with van der Waals surface area (Å²) >= 11 is 9.13. The summed E-state index contributed by atoms with van der Waals surface area (Å²) in [6.45, 7) is 0.578. The number of halogens is 2. The first-order chi connectivity index (χ1) is 9.54. The van der Waals surface area contributed by atoms with Crippen LogP contribution < -0.4 is 5.32 Å². The van der Waals surface area contributed by atoms with Crippen molar-refractivity contribution in [2.75, 3.05) is 13.7 Å². The first-order valence-electron chi connectivity index (χ1n) is 6.34.